The number of sulfonamides is 1. The molecule has 7 nitrogen and oxygen atoms in total. The van der Waals surface area contributed by atoms with Gasteiger partial charge in [-0.25, -0.2) is 8.42 Å². The number of ether oxygens (including phenoxy) is 1. The quantitative estimate of drug-likeness (QED) is 0.619. The van der Waals surface area contributed by atoms with Gasteiger partial charge >= 0.3 is 0 Å². The Morgan fingerprint density at radius 3 is 2.47 bits per heavy atom. The molecule has 19 heavy (non-hydrogen) atoms. The summed E-state index contributed by atoms with van der Waals surface area (Å²) in [5.41, 5.74) is -0.317. The zero-order valence-electron chi connectivity index (χ0n) is 9.78. The van der Waals surface area contributed by atoms with E-state index in [0.717, 1.165) is 12.1 Å². The van der Waals surface area contributed by atoms with Gasteiger partial charge < -0.3 is 4.74 Å². The molecule has 0 spiro atoms. The molecule has 0 amide bonds. The summed E-state index contributed by atoms with van der Waals surface area (Å²) in [6.45, 7) is 1.19. The summed E-state index contributed by atoms with van der Waals surface area (Å²) in [5, 5.41) is 10.4. The standard InChI is InChI=1S/C10H11ClN2O5S/c11-9-7-8(1-2-10(9)13(14)15)19(16,17)12-3-5-18-6-4-12/h1-2,7H,3-6H2. The van der Waals surface area contributed by atoms with Crippen LogP contribution >= 0.6 is 11.6 Å². The molecule has 0 radical (unpaired) electrons. The topological polar surface area (TPSA) is 89.8 Å². The average Bonchev–Trinajstić information content (AvgIpc) is 2.39. The van der Waals surface area contributed by atoms with Gasteiger partial charge in [0.1, 0.15) is 5.02 Å². The maximum atomic E-state index is 12.3. The first kappa shape index (κ1) is 14.2. The lowest BCUT2D eigenvalue weighted by molar-refractivity contribution is -0.384. The van der Waals surface area contributed by atoms with E-state index in [1.54, 1.807) is 0 Å². The Labute approximate surface area is 114 Å². The van der Waals surface area contributed by atoms with Gasteiger partial charge in [0, 0.05) is 19.2 Å². The van der Waals surface area contributed by atoms with E-state index in [-0.39, 0.29) is 28.7 Å². The van der Waals surface area contributed by atoms with E-state index in [1.165, 1.54) is 10.4 Å². The molecule has 1 aliphatic rings. The van der Waals surface area contributed by atoms with Gasteiger partial charge in [-0.2, -0.15) is 4.31 Å². The third-order valence-corrected chi connectivity index (χ3v) is 4.92. The normalized spacial score (nSPS) is 17.3. The lowest BCUT2D eigenvalue weighted by Crippen LogP contribution is -2.40. The predicted octanol–water partition coefficient (Wildman–Crippen LogP) is 1.27. The van der Waals surface area contributed by atoms with Crippen LogP contribution in [0.25, 0.3) is 0 Å². The van der Waals surface area contributed by atoms with E-state index in [0.29, 0.717) is 13.2 Å². The summed E-state index contributed by atoms with van der Waals surface area (Å²) in [7, 11) is -3.68. The number of hydrogen-bond acceptors (Lipinski definition) is 5. The van der Waals surface area contributed by atoms with Crippen molar-refractivity contribution in [1.82, 2.24) is 4.31 Å². The fourth-order valence-corrected chi connectivity index (χ4v) is 3.48. The zero-order chi connectivity index (χ0) is 14.0. The van der Waals surface area contributed by atoms with Crippen molar-refractivity contribution in [2.24, 2.45) is 0 Å². The Bertz CT molecular complexity index is 598. The van der Waals surface area contributed by atoms with Gasteiger partial charge in [-0.05, 0) is 12.1 Å². The highest BCUT2D eigenvalue weighted by Crippen LogP contribution is 2.28. The van der Waals surface area contributed by atoms with Crippen LogP contribution in [0.2, 0.25) is 5.02 Å². The van der Waals surface area contributed by atoms with Crippen LogP contribution in [-0.4, -0.2) is 43.9 Å². The number of morpholine rings is 1. The van der Waals surface area contributed by atoms with Crippen LogP contribution in [0.5, 0.6) is 0 Å². The Balaban J connectivity index is 2.35. The molecule has 1 heterocycles. The lowest BCUT2D eigenvalue weighted by Gasteiger charge is -2.26. The minimum Gasteiger partial charge on any atom is -0.379 e. The second kappa shape index (κ2) is 5.41. The number of halogens is 1. The molecule has 2 rings (SSSR count). The molecule has 1 aromatic rings. The van der Waals surface area contributed by atoms with Crippen LogP contribution < -0.4 is 0 Å². The summed E-state index contributed by atoms with van der Waals surface area (Å²) in [4.78, 5) is 9.92. The lowest BCUT2D eigenvalue weighted by atomic mass is 10.3. The molecule has 0 aliphatic carbocycles. The fraction of sp³-hybridized carbons (Fsp3) is 0.400. The molecule has 0 aromatic heterocycles. The molecule has 1 aliphatic heterocycles. The molecule has 0 N–H and O–H groups in total. The molecule has 1 fully saturated rings. The highest BCUT2D eigenvalue weighted by atomic mass is 35.5. The second-order valence-electron chi connectivity index (χ2n) is 3.89. The van der Waals surface area contributed by atoms with Gasteiger partial charge in [-0.3, -0.25) is 10.1 Å². The van der Waals surface area contributed by atoms with E-state index >= 15 is 0 Å². The SMILES string of the molecule is O=[N+]([O-])c1ccc(S(=O)(=O)N2CCOCC2)cc1Cl. The second-order valence-corrected chi connectivity index (χ2v) is 6.23. The van der Waals surface area contributed by atoms with Gasteiger partial charge in [-0.15, -0.1) is 0 Å². The molecular weight excluding hydrogens is 296 g/mol. The monoisotopic (exact) mass is 306 g/mol. The summed E-state index contributed by atoms with van der Waals surface area (Å²) in [5.74, 6) is 0. The Kier molecular flexibility index (Phi) is 4.04. The van der Waals surface area contributed by atoms with E-state index in [1.807, 2.05) is 0 Å². The van der Waals surface area contributed by atoms with Gasteiger partial charge in [-0.1, -0.05) is 11.6 Å². The van der Waals surface area contributed by atoms with Crippen molar-refractivity contribution >= 4 is 27.3 Å². The largest absolute Gasteiger partial charge is 0.379 e. The maximum absolute atomic E-state index is 12.3. The predicted molar refractivity (Wildman–Crippen MR) is 67.7 cm³/mol. The van der Waals surface area contributed by atoms with Crippen molar-refractivity contribution < 1.29 is 18.1 Å². The highest BCUT2D eigenvalue weighted by molar-refractivity contribution is 7.89. The van der Waals surface area contributed by atoms with Crippen LogP contribution in [0, 0.1) is 10.1 Å². The minimum absolute atomic E-state index is 0.0509. The van der Waals surface area contributed by atoms with Crippen molar-refractivity contribution in [1.29, 1.82) is 0 Å². The van der Waals surface area contributed by atoms with E-state index in [4.69, 9.17) is 16.3 Å². The molecule has 0 saturated carbocycles. The van der Waals surface area contributed by atoms with Crippen LogP contribution in [0.4, 0.5) is 5.69 Å². The van der Waals surface area contributed by atoms with Gasteiger partial charge in [0.2, 0.25) is 10.0 Å². The highest BCUT2D eigenvalue weighted by Gasteiger charge is 2.27. The molecule has 0 bridgehead atoms. The maximum Gasteiger partial charge on any atom is 0.287 e. The van der Waals surface area contributed by atoms with Crippen LogP contribution in [0.3, 0.4) is 0 Å². The third kappa shape index (κ3) is 2.86. The van der Waals surface area contributed by atoms with Crippen LogP contribution in [0.1, 0.15) is 0 Å². The molecule has 104 valence electrons. The molecule has 0 unspecified atom stereocenters. The Morgan fingerprint density at radius 1 is 1.32 bits per heavy atom. The Morgan fingerprint density at radius 2 is 1.95 bits per heavy atom. The number of nitro groups is 1. The molecule has 1 saturated heterocycles. The fourth-order valence-electron chi connectivity index (χ4n) is 1.73. The first-order chi connectivity index (χ1) is 8.93. The number of rotatable bonds is 3. The number of hydrogen-bond donors (Lipinski definition) is 0. The van der Waals surface area contributed by atoms with E-state index < -0.39 is 14.9 Å². The molecule has 1 aromatic carbocycles. The van der Waals surface area contributed by atoms with Gasteiger partial charge in [0.15, 0.2) is 0 Å². The molecular formula is C10H11ClN2O5S. The summed E-state index contributed by atoms with van der Waals surface area (Å²) >= 11 is 5.72. The zero-order valence-corrected chi connectivity index (χ0v) is 11.4. The molecule has 9 heteroatoms. The number of benzene rings is 1. The summed E-state index contributed by atoms with van der Waals surface area (Å²) < 4.78 is 30.9. The first-order valence-electron chi connectivity index (χ1n) is 5.45. The van der Waals surface area contributed by atoms with Crippen molar-refractivity contribution in [3.05, 3.63) is 33.3 Å². The van der Waals surface area contributed by atoms with Gasteiger partial charge in [0.05, 0.1) is 23.0 Å². The van der Waals surface area contributed by atoms with Crippen LogP contribution in [0.15, 0.2) is 23.1 Å². The van der Waals surface area contributed by atoms with Crippen LogP contribution in [-0.2, 0) is 14.8 Å². The van der Waals surface area contributed by atoms with E-state index in [9.17, 15) is 18.5 Å². The molecule has 0 atom stereocenters. The van der Waals surface area contributed by atoms with Crippen molar-refractivity contribution in [3.8, 4) is 0 Å². The summed E-state index contributed by atoms with van der Waals surface area (Å²) in [6.07, 6.45) is 0. The van der Waals surface area contributed by atoms with Crippen molar-refractivity contribution in [2.75, 3.05) is 26.3 Å². The smallest absolute Gasteiger partial charge is 0.287 e. The number of nitrogens with zero attached hydrogens (tertiary/aromatic N) is 2. The minimum atomic E-state index is -3.68. The average molecular weight is 307 g/mol. The number of nitro benzene ring substituents is 1. The third-order valence-electron chi connectivity index (χ3n) is 2.72. The Hall–Kier alpha value is -1.22. The first-order valence-corrected chi connectivity index (χ1v) is 7.26. The van der Waals surface area contributed by atoms with E-state index in [2.05, 4.69) is 0 Å². The summed E-state index contributed by atoms with van der Waals surface area (Å²) in [6, 6.07) is 3.38. The van der Waals surface area contributed by atoms with Gasteiger partial charge in [0.25, 0.3) is 5.69 Å². The van der Waals surface area contributed by atoms with Crippen molar-refractivity contribution in [2.45, 2.75) is 4.90 Å². The van der Waals surface area contributed by atoms with Crippen molar-refractivity contribution in [3.63, 3.8) is 0 Å².